The van der Waals surface area contributed by atoms with Gasteiger partial charge in [0, 0.05) is 31.9 Å². The molecule has 1 spiro atoms. The number of carbonyl (C=O) groups excluding carboxylic acids is 2. The molecule has 2 aliphatic heterocycles. The molecule has 2 heterocycles. The lowest BCUT2D eigenvalue weighted by molar-refractivity contribution is -0.274. The second-order valence-corrected chi connectivity index (χ2v) is 10.2. The van der Waals surface area contributed by atoms with Crippen LogP contribution in [-0.4, -0.2) is 64.3 Å². The zero-order valence-corrected chi connectivity index (χ0v) is 21.9. The van der Waals surface area contributed by atoms with E-state index in [0.717, 1.165) is 12.1 Å². The van der Waals surface area contributed by atoms with Crippen molar-refractivity contribution in [1.29, 1.82) is 0 Å². The van der Waals surface area contributed by atoms with Crippen molar-refractivity contribution in [2.45, 2.75) is 58.0 Å². The minimum absolute atomic E-state index is 0.0714. The Morgan fingerprint density at radius 3 is 2.33 bits per heavy atom. The van der Waals surface area contributed by atoms with E-state index in [1.807, 2.05) is 26.0 Å². The molecule has 3 amide bonds. The highest BCUT2D eigenvalue weighted by molar-refractivity contribution is 6.07. The van der Waals surface area contributed by atoms with E-state index in [2.05, 4.69) is 9.64 Å². The highest BCUT2D eigenvalue weighted by atomic mass is 19.4. The van der Waals surface area contributed by atoms with Crippen LogP contribution < -0.4 is 9.64 Å². The van der Waals surface area contributed by atoms with Crippen LogP contribution in [0.15, 0.2) is 48.5 Å². The number of carbonyl (C=O) groups is 3. The number of piperidine rings is 1. The summed E-state index contributed by atoms with van der Waals surface area (Å²) in [7, 11) is 0. The molecule has 2 saturated heterocycles. The van der Waals surface area contributed by atoms with Crippen LogP contribution in [0.4, 0.5) is 23.7 Å². The van der Waals surface area contributed by atoms with Crippen molar-refractivity contribution >= 4 is 23.6 Å². The minimum atomic E-state index is -4.81. The van der Waals surface area contributed by atoms with Gasteiger partial charge in [-0.1, -0.05) is 44.5 Å². The molecule has 210 valence electrons. The first-order valence-corrected chi connectivity index (χ1v) is 13.0. The highest BCUT2D eigenvalue weighted by Gasteiger charge is 2.58. The molecule has 0 saturated carbocycles. The Bertz CT molecular complexity index is 1210. The number of anilines is 1. The van der Waals surface area contributed by atoms with Crippen LogP contribution in [0.1, 0.15) is 44.2 Å². The maximum atomic E-state index is 13.8. The average molecular weight is 548 g/mol. The monoisotopic (exact) mass is 547 g/mol. The van der Waals surface area contributed by atoms with Gasteiger partial charge in [-0.25, -0.2) is 4.79 Å². The first-order valence-electron chi connectivity index (χ1n) is 13.0. The smallest absolute Gasteiger partial charge is 0.481 e. The Labute approximate surface area is 224 Å². The van der Waals surface area contributed by atoms with Crippen molar-refractivity contribution in [1.82, 2.24) is 9.80 Å². The molecule has 0 aromatic heterocycles. The molecular weight excluding hydrogens is 515 g/mol. The quantitative estimate of drug-likeness (QED) is 0.442. The number of hydrogen-bond donors (Lipinski definition) is 1. The van der Waals surface area contributed by atoms with E-state index < -0.39 is 23.9 Å². The van der Waals surface area contributed by atoms with Gasteiger partial charge in [0.25, 0.3) is 5.91 Å². The number of carboxylic acids is 1. The summed E-state index contributed by atoms with van der Waals surface area (Å²) in [6, 6.07) is 12.2. The second-order valence-electron chi connectivity index (χ2n) is 10.2. The zero-order valence-electron chi connectivity index (χ0n) is 21.9. The van der Waals surface area contributed by atoms with Gasteiger partial charge in [-0.2, -0.15) is 0 Å². The van der Waals surface area contributed by atoms with Gasteiger partial charge in [-0.3, -0.25) is 14.5 Å². The number of urea groups is 1. The Morgan fingerprint density at radius 1 is 1.08 bits per heavy atom. The summed E-state index contributed by atoms with van der Waals surface area (Å²) in [5, 5.41) is 9.13. The van der Waals surface area contributed by atoms with Crippen LogP contribution in [0, 0.1) is 5.92 Å². The fourth-order valence-corrected chi connectivity index (χ4v) is 5.24. The normalized spacial score (nSPS) is 18.1. The van der Waals surface area contributed by atoms with Gasteiger partial charge in [0.05, 0.1) is 6.42 Å². The summed E-state index contributed by atoms with van der Waals surface area (Å²) in [5.74, 6) is -1.41. The van der Waals surface area contributed by atoms with Gasteiger partial charge >= 0.3 is 18.4 Å². The Hall–Kier alpha value is -3.76. The summed E-state index contributed by atoms with van der Waals surface area (Å²) >= 11 is 0. The molecule has 11 heteroatoms. The number of carboxylic acid groups (broad SMARTS) is 1. The Morgan fingerprint density at radius 2 is 1.74 bits per heavy atom. The molecule has 39 heavy (non-hydrogen) atoms. The van der Waals surface area contributed by atoms with Crippen LogP contribution in [-0.2, 0) is 22.6 Å². The first kappa shape index (κ1) is 28.3. The van der Waals surface area contributed by atoms with Gasteiger partial charge < -0.3 is 19.6 Å². The van der Waals surface area contributed by atoms with Gasteiger partial charge in [0.1, 0.15) is 11.3 Å². The summed E-state index contributed by atoms with van der Waals surface area (Å²) < 4.78 is 41.6. The SMILES string of the molecule is CCC(C)CN1C(=O)N(Cc2ccc(OC(F)(F)F)cc2)C2(CCN(c3cccc(CC(=O)O)c3)CC2)C1=O. The third-order valence-electron chi connectivity index (χ3n) is 7.53. The van der Waals surface area contributed by atoms with Crippen molar-refractivity contribution in [2.75, 3.05) is 24.5 Å². The lowest BCUT2D eigenvalue weighted by Crippen LogP contribution is -2.56. The average Bonchev–Trinajstić information content (AvgIpc) is 3.05. The highest BCUT2D eigenvalue weighted by Crippen LogP contribution is 2.40. The van der Waals surface area contributed by atoms with Crippen LogP contribution in [0.25, 0.3) is 0 Å². The third kappa shape index (κ3) is 6.29. The van der Waals surface area contributed by atoms with Crippen molar-refractivity contribution in [3.8, 4) is 5.75 Å². The predicted octanol–water partition coefficient (Wildman–Crippen LogP) is 5.06. The number of halogens is 3. The summed E-state index contributed by atoms with van der Waals surface area (Å²) in [6.45, 7) is 5.28. The summed E-state index contributed by atoms with van der Waals surface area (Å²) in [5.41, 5.74) is 1.04. The lowest BCUT2D eigenvalue weighted by atomic mass is 9.85. The Kier molecular flexibility index (Phi) is 8.08. The number of rotatable bonds is 9. The number of imide groups is 1. The van der Waals surface area contributed by atoms with E-state index >= 15 is 0 Å². The van der Waals surface area contributed by atoms with Crippen molar-refractivity contribution in [3.05, 3.63) is 59.7 Å². The van der Waals surface area contributed by atoms with E-state index in [9.17, 15) is 27.6 Å². The minimum Gasteiger partial charge on any atom is -0.481 e. The molecular formula is C28H32F3N3O5. The molecule has 8 nitrogen and oxygen atoms in total. The number of benzene rings is 2. The summed E-state index contributed by atoms with van der Waals surface area (Å²) in [6.07, 6.45) is -3.37. The fourth-order valence-electron chi connectivity index (χ4n) is 5.24. The van der Waals surface area contributed by atoms with E-state index in [-0.39, 0.29) is 30.5 Å². The van der Waals surface area contributed by atoms with E-state index in [0.29, 0.717) is 43.6 Å². The maximum absolute atomic E-state index is 13.8. The molecule has 1 N–H and O–H groups in total. The number of ether oxygens (including phenoxy) is 1. The standard InChI is InChI=1S/C28H32F3N3O5/c1-3-19(2)17-33-25(37)27(11-13-32(14-12-27)22-6-4-5-21(15-22)16-24(35)36)34(26(33)38)18-20-7-9-23(10-8-20)39-28(29,30)31/h4-10,15,19H,3,11-14,16-18H2,1-2H3,(H,35,36). The third-order valence-corrected chi connectivity index (χ3v) is 7.53. The molecule has 0 aliphatic carbocycles. The van der Waals surface area contributed by atoms with E-state index in [1.165, 1.54) is 29.2 Å². The number of alkyl halides is 3. The fraction of sp³-hybridized carbons (Fsp3) is 0.464. The molecule has 2 aromatic carbocycles. The largest absolute Gasteiger partial charge is 0.573 e. The maximum Gasteiger partial charge on any atom is 0.573 e. The summed E-state index contributed by atoms with van der Waals surface area (Å²) in [4.78, 5) is 43.5. The predicted molar refractivity (Wildman–Crippen MR) is 137 cm³/mol. The van der Waals surface area contributed by atoms with E-state index in [4.69, 9.17) is 5.11 Å². The van der Waals surface area contributed by atoms with Crippen LogP contribution in [0.5, 0.6) is 5.75 Å². The zero-order chi connectivity index (χ0) is 28.4. The van der Waals surface area contributed by atoms with Crippen LogP contribution in [0.3, 0.4) is 0 Å². The molecule has 2 aliphatic rings. The van der Waals surface area contributed by atoms with Crippen molar-refractivity contribution in [3.63, 3.8) is 0 Å². The molecule has 2 aromatic rings. The second kappa shape index (κ2) is 11.2. The molecule has 1 unspecified atom stereocenters. The number of nitrogens with zero attached hydrogens (tertiary/aromatic N) is 3. The first-order chi connectivity index (χ1) is 18.4. The van der Waals surface area contributed by atoms with Crippen LogP contribution in [0.2, 0.25) is 0 Å². The number of hydrogen-bond acceptors (Lipinski definition) is 5. The van der Waals surface area contributed by atoms with Crippen molar-refractivity contribution < 1.29 is 37.4 Å². The van der Waals surface area contributed by atoms with Crippen LogP contribution >= 0.6 is 0 Å². The molecule has 0 radical (unpaired) electrons. The number of aliphatic carboxylic acids is 1. The Balaban J connectivity index is 1.57. The molecule has 1 atom stereocenters. The molecule has 0 bridgehead atoms. The van der Waals surface area contributed by atoms with Gasteiger partial charge in [-0.15, -0.1) is 13.2 Å². The van der Waals surface area contributed by atoms with E-state index in [1.54, 1.807) is 17.0 Å². The van der Waals surface area contributed by atoms with Gasteiger partial charge in [0.2, 0.25) is 0 Å². The van der Waals surface area contributed by atoms with Crippen molar-refractivity contribution in [2.24, 2.45) is 5.92 Å². The van der Waals surface area contributed by atoms with Gasteiger partial charge in [-0.05, 0) is 54.2 Å². The van der Waals surface area contributed by atoms with Gasteiger partial charge in [0.15, 0.2) is 0 Å². The topological polar surface area (TPSA) is 90.4 Å². The lowest BCUT2D eigenvalue weighted by Gasteiger charge is -2.43. The number of amides is 3. The molecule has 4 rings (SSSR count). The molecule has 2 fully saturated rings.